The van der Waals surface area contributed by atoms with E-state index >= 15 is 0 Å². The van der Waals surface area contributed by atoms with Crippen molar-refractivity contribution in [2.45, 2.75) is 6.54 Å². The van der Waals surface area contributed by atoms with Gasteiger partial charge in [-0.15, -0.1) is 0 Å². The molecule has 0 saturated heterocycles. The van der Waals surface area contributed by atoms with Crippen molar-refractivity contribution in [2.24, 2.45) is 0 Å². The van der Waals surface area contributed by atoms with E-state index in [9.17, 15) is 4.79 Å². The number of aromatic amines is 2. The van der Waals surface area contributed by atoms with Crippen molar-refractivity contribution in [3.63, 3.8) is 0 Å². The van der Waals surface area contributed by atoms with Gasteiger partial charge in [0.05, 0.1) is 13.2 Å². The van der Waals surface area contributed by atoms with Crippen molar-refractivity contribution in [1.29, 1.82) is 0 Å². The van der Waals surface area contributed by atoms with Crippen molar-refractivity contribution in [3.05, 3.63) is 57.2 Å². The zero-order chi connectivity index (χ0) is 14.8. The highest BCUT2D eigenvalue weighted by molar-refractivity contribution is 5.82. The number of aromatic nitrogens is 3. The van der Waals surface area contributed by atoms with Crippen LogP contribution in [0.25, 0.3) is 23.6 Å². The Kier molecular flexibility index (Phi) is 3.50. The lowest BCUT2D eigenvalue weighted by Crippen LogP contribution is -2.32. The predicted octanol–water partition coefficient (Wildman–Crippen LogP) is 0.543. The summed E-state index contributed by atoms with van der Waals surface area (Å²) in [4.78, 5) is 18.6. The number of nitrogens with one attached hydrogen (secondary N) is 2. The van der Waals surface area contributed by atoms with Gasteiger partial charge in [-0.2, -0.15) is 0 Å². The monoisotopic (exact) mass is 283 g/mol. The summed E-state index contributed by atoms with van der Waals surface area (Å²) in [5.41, 5.74) is 2.42. The number of benzene rings is 1. The number of fused-ring (bicyclic) bond motifs is 1. The molecule has 2 heterocycles. The largest absolute Gasteiger partial charge is 0.383 e. The first-order valence-corrected chi connectivity index (χ1v) is 6.75. The molecular formula is C16H17N3O2. The lowest BCUT2D eigenvalue weighted by atomic mass is 10.2. The lowest BCUT2D eigenvalue weighted by molar-refractivity contribution is 0.185. The summed E-state index contributed by atoms with van der Waals surface area (Å²) in [7, 11) is 1.61. The van der Waals surface area contributed by atoms with Gasteiger partial charge in [0.2, 0.25) is 0 Å². The van der Waals surface area contributed by atoms with E-state index in [0.29, 0.717) is 24.0 Å². The smallest absolute Gasteiger partial charge is 0.275 e. The normalized spacial score (nSPS) is 12.3. The van der Waals surface area contributed by atoms with Crippen molar-refractivity contribution in [2.75, 3.05) is 13.7 Å². The molecule has 108 valence electrons. The first-order chi connectivity index (χ1) is 10.2. The molecule has 0 radical (unpaired) electrons. The molecule has 0 aliphatic carbocycles. The average Bonchev–Trinajstić information content (AvgIpc) is 2.99. The topological polar surface area (TPSA) is 62.8 Å². The quantitative estimate of drug-likeness (QED) is 0.734. The molecule has 0 atom stereocenters. The molecule has 0 aliphatic heterocycles. The Labute approximate surface area is 121 Å². The predicted molar refractivity (Wildman–Crippen MR) is 83.6 cm³/mol. The van der Waals surface area contributed by atoms with E-state index < -0.39 is 0 Å². The maximum atomic E-state index is 12.3. The SMILES string of the molecule is C=c1[nH]/c(=C\c2cc3ccccc3[nH]2)c(=O)n1CCOC. The number of imidazole rings is 1. The third-order valence-electron chi connectivity index (χ3n) is 3.45. The van der Waals surface area contributed by atoms with E-state index in [1.807, 2.05) is 30.3 Å². The van der Waals surface area contributed by atoms with E-state index in [1.165, 1.54) is 0 Å². The molecule has 0 aliphatic rings. The first kappa shape index (κ1) is 13.5. The van der Waals surface area contributed by atoms with Crippen LogP contribution in [0.15, 0.2) is 35.1 Å². The van der Waals surface area contributed by atoms with Crippen LogP contribution < -0.4 is 16.4 Å². The van der Waals surface area contributed by atoms with Crippen LogP contribution in [0, 0.1) is 0 Å². The molecule has 0 fully saturated rings. The lowest BCUT2D eigenvalue weighted by Gasteiger charge is -1.98. The Balaban J connectivity index is 2.07. The minimum atomic E-state index is -0.0873. The Hall–Kier alpha value is -2.53. The van der Waals surface area contributed by atoms with Gasteiger partial charge < -0.3 is 14.7 Å². The molecule has 5 heteroatoms. The number of methoxy groups -OCH3 is 1. The Morgan fingerprint density at radius 2 is 2.14 bits per heavy atom. The van der Waals surface area contributed by atoms with Crippen LogP contribution in [0.4, 0.5) is 0 Å². The number of rotatable bonds is 4. The van der Waals surface area contributed by atoms with E-state index in [-0.39, 0.29) is 5.56 Å². The zero-order valence-corrected chi connectivity index (χ0v) is 11.8. The molecule has 0 spiro atoms. The van der Waals surface area contributed by atoms with Crippen LogP contribution >= 0.6 is 0 Å². The molecule has 1 aromatic carbocycles. The van der Waals surface area contributed by atoms with Crippen LogP contribution in [-0.2, 0) is 11.3 Å². The highest BCUT2D eigenvalue weighted by Gasteiger charge is 2.03. The molecule has 3 rings (SSSR count). The molecule has 0 amide bonds. The van der Waals surface area contributed by atoms with E-state index in [2.05, 4.69) is 16.5 Å². The molecule has 0 bridgehead atoms. The van der Waals surface area contributed by atoms with Gasteiger partial charge in [-0.25, -0.2) is 0 Å². The van der Waals surface area contributed by atoms with Crippen LogP contribution in [0.5, 0.6) is 0 Å². The third-order valence-corrected chi connectivity index (χ3v) is 3.45. The van der Waals surface area contributed by atoms with Gasteiger partial charge in [0.25, 0.3) is 5.56 Å². The second-order valence-corrected chi connectivity index (χ2v) is 4.89. The third kappa shape index (κ3) is 2.55. The Bertz CT molecular complexity index is 897. The molecule has 21 heavy (non-hydrogen) atoms. The average molecular weight is 283 g/mol. The fourth-order valence-electron chi connectivity index (χ4n) is 2.39. The Morgan fingerprint density at radius 1 is 1.33 bits per heavy atom. The summed E-state index contributed by atoms with van der Waals surface area (Å²) < 4.78 is 6.59. The minimum absolute atomic E-state index is 0.0873. The number of ether oxygens (including phenoxy) is 1. The van der Waals surface area contributed by atoms with Crippen LogP contribution in [0.1, 0.15) is 5.69 Å². The summed E-state index contributed by atoms with van der Waals surface area (Å²) in [5, 5.41) is 1.63. The Morgan fingerprint density at radius 3 is 2.90 bits per heavy atom. The number of nitrogens with zero attached hydrogens (tertiary/aromatic N) is 1. The minimum Gasteiger partial charge on any atom is -0.383 e. The zero-order valence-electron chi connectivity index (χ0n) is 11.8. The van der Waals surface area contributed by atoms with Crippen LogP contribution in [0.2, 0.25) is 0 Å². The molecule has 2 N–H and O–H groups in total. The second kappa shape index (κ2) is 5.46. The molecule has 0 saturated carbocycles. The summed E-state index contributed by atoms with van der Waals surface area (Å²) in [5.74, 6) is 0. The highest BCUT2D eigenvalue weighted by atomic mass is 16.5. The second-order valence-electron chi connectivity index (χ2n) is 4.89. The van der Waals surface area contributed by atoms with Gasteiger partial charge in [0.1, 0.15) is 10.8 Å². The van der Waals surface area contributed by atoms with Crippen LogP contribution in [-0.4, -0.2) is 28.3 Å². The number of H-pyrrole nitrogens is 2. The van der Waals surface area contributed by atoms with Crippen molar-refractivity contribution in [1.82, 2.24) is 14.5 Å². The van der Waals surface area contributed by atoms with Gasteiger partial charge in [-0.3, -0.25) is 9.36 Å². The van der Waals surface area contributed by atoms with Gasteiger partial charge >= 0.3 is 0 Å². The molecule has 0 unspecified atom stereocenters. The van der Waals surface area contributed by atoms with Crippen molar-refractivity contribution >= 4 is 23.6 Å². The fourth-order valence-corrected chi connectivity index (χ4v) is 2.39. The van der Waals surface area contributed by atoms with Gasteiger partial charge in [-0.1, -0.05) is 24.8 Å². The number of hydrogen-bond acceptors (Lipinski definition) is 2. The number of para-hydroxylation sites is 1. The van der Waals surface area contributed by atoms with Gasteiger partial charge in [0.15, 0.2) is 0 Å². The summed E-state index contributed by atoms with van der Waals surface area (Å²) in [6, 6.07) is 10.0. The summed E-state index contributed by atoms with van der Waals surface area (Å²) in [6.07, 6.45) is 1.81. The van der Waals surface area contributed by atoms with E-state index in [1.54, 1.807) is 17.8 Å². The maximum Gasteiger partial charge on any atom is 0.275 e. The molecule has 2 aromatic heterocycles. The maximum absolute atomic E-state index is 12.3. The van der Waals surface area contributed by atoms with E-state index in [4.69, 9.17) is 4.74 Å². The van der Waals surface area contributed by atoms with Crippen molar-refractivity contribution < 1.29 is 4.74 Å². The highest BCUT2D eigenvalue weighted by Crippen LogP contribution is 2.14. The standard InChI is InChI=1S/C16H17N3O2/c1-11-17-15(16(20)19(11)7-8-21-2)10-13-9-12-5-3-4-6-14(12)18-13/h3-6,9-10,17-18H,1,7-8H2,2H3/b15-10-. The van der Waals surface area contributed by atoms with Crippen molar-refractivity contribution in [3.8, 4) is 0 Å². The van der Waals surface area contributed by atoms with E-state index in [0.717, 1.165) is 16.6 Å². The first-order valence-electron chi connectivity index (χ1n) is 6.75. The molecule has 3 aromatic rings. The van der Waals surface area contributed by atoms with Gasteiger partial charge in [0, 0.05) is 18.3 Å². The van der Waals surface area contributed by atoms with Gasteiger partial charge in [-0.05, 0) is 23.6 Å². The fraction of sp³-hybridized carbons (Fsp3) is 0.188. The van der Waals surface area contributed by atoms with Crippen LogP contribution in [0.3, 0.4) is 0 Å². The molecule has 5 nitrogen and oxygen atoms in total. The summed E-state index contributed by atoms with van der Waals surface area (Å²) in [6.45, 7) is 4.83. The summed E-state index contributed by atoms with van der Waals surface area (Å²) >= 11 is 0. The molecular weight excluding hydrogens is 266 g/mol. The number of hydrogen-bond donors (Lipinski definition) is 2.